The van der Waals surface area contributed by atoms with E-state index in [4.69, 9.17) is 10.5 Å². The topological polar surface area (TPSA) is 47.6 Å². The van der Waals surface area contributed by atoms with Gasteiger partial charge in [-0.1, -0.05) is 6.07 Å². The molecule has 76 valence electrons. The van der Waals surface area contributed by atoms with Crippen molar-refractivity contribution in [3.8, 4) is 5.75 Å². The Morgan fingerprint density at radius 1 is 1.57 bits per heavy atom. The Morgan fingerprint density at radius 2 is 2.36 bits per heavy atom. The van der Waals surface area contributed by atoms with Crippen LogP contribution in [0, 0.1) is 5.82 Å². The first-order chi connectivity index (χ1) is 6.77. The molecule has 3 nitrogen and oxygen atoms in total. The first kappa shape index (κ1) is 10.7. The van der Waals surface area contributed by atoms with Crippen molar-refractivity contribution in [3.63, 3.8) is 0 Å². The summed E-state index contributed by atoms with van der Waals surface area (Å²) in [6.45, 7) is 1.08. The van der Waals surface area contributed by atoms with Crippen molar-refractivity contribution in [2.24, 2.45) is 10.7 Å². The Hall–Kier alpha value is -1.42. The van der Waals surface area contributed by atoms with E-state index in [1.807, 2.05) is 0 Å². The van der Waals surface area contributed by atoms with Gasteiger partial charge in [0.05, 0.1) is 13.7 Å². The van der Waals surface area contributed by atoms with Crippen LogP contribution in [0.3, 0.4) is 0 Å². The van der Waals surface area contributed by atoms with Crippen LogP contribution in [0.15, 0.2) is 23.2 Å². The Labute approximate surface area is 82.4 Å². The van der Waals surface area contributed by atoms with Gasteiger partial charge in [-0.15, -0.1) is 0 Å². The third-order valence-electron chi connectivity index (χ3n) is 1.67. The molecule has 4 heteroatoms. The lowest BCUT2D eigenvalue weighted by molar-refractivity contribution is 0.386. The van der Waals surface area contributed by atoms with Crippen LogP contribution in [0.1, 0.15) is 5.56 Å². The lowest BCUT2D eigenvalue weighted by atomic mass is 10.2. The molecule has 0 bridgehead atoms. The minimum atomic E-state index is -0.372. The minimum Gasteiger partial charge on any atom is -0.494 e. The van der Waals surface area contributed by atoms with Crippen LogP contribution in [-0.4, -0.2) is 26.4 Å². The van der Waals surface area contributed by atoms with Gasteiger partial charge >= 0.3 is 0 Å². The Balaban J connectivity index is 2.79. The lowest BCUT2D eigenvalue weighted by Gasteiger charge is -2.01. The second-order valence-corrected chi connectivity index (χ2v) is 2.72. The molecule has 0 saturated heterocycles. The Morgan fingerprint density at radius 3 is 3.00 bits per heavy atom. The summed E-state index contributed by atoms with van der Waals surface area (Å²) < 4.78 is 17.8. The summed E-state index contributed by atoms with van der Waals surface area (Å²) in [5, 5.41) is 0. The van der Waals surface area contributed by atoms with Crippen molar-refractivity contribution in [2.75, 3.05) is 20.2 Å². The molecule has 0 spiro atoms. The third kappa shape index (κ3) is 2.81. The number of halogens is 1. The van der Waals surface area contributed by atoms with E-state index in [-0.39, 0.29) is 11.6 Å². The zero-order chi connectivity index (χ0) is 10.4. The second-order valence-electron chi connectivity index (χ2n) is 2.72. The number of methoxy groups -OCH3 is 1. The largest absolute Gasteiger partial charge is 0.494 e. The highest BCUT2D eigenvalue weighted by molar-refractivity contribution is 5.80. The van der Waals surface area contributed by atoms with Crippen molar-refractivity contribution in [3.05, 3.63) is 29.6 Å². The predicted octanol–water partition coefficient (Wildman–Crippen LogP) is 1.21. The fourth-order valence-corrected chi connectivity index (χ4v) is 1.00. The molecule has 0 radical (unpaired) electrons. The average molecular weight is 196 g/mol. The van der Waals surface area contributed by atoms with Crippen molar-refractivity contribution < 1.29 is 9.13 Å². The molecule has 1 aromatic carbocycles. The SMILES string of the molecule is COc1cc(/C=N/CCN)ccc1F. The van der Waals surface area contributed by atoms with Gasteiger partial charge in [-0.25, -0.2) is 4.39 Å². The van der Waals surface area contributed by atoms with Crippen molar-refractivity contribution in [1.82, 2.24) is 0 Å². The molecule has 0 aliphatic heterocycles. The van der Waals surface area contributed by atoms with Gasteiger partial charge in [0.1, 0.15) is 0 Å². The summed E-state index contributed by atoms with van der Waals surface area (Å²) in [6.07, 6.45) is 1.65. The number of hydrogen-bond donors (Lipinski definition) is 1. The quantitative estimate of drug-likeness (QED) is 0.736. The molecule has 2 N–H and O–H groups in total. The standard InChI is InChI=1S/C10H13FN2O/c1-14-10-6-8(2-3-9(10)11)7-13-5-4-12/h2-3,6-7H,4-5,12H2,1H3/b13-7+. The summed E-state index contributed by atoms with van der Waals surface area (Å²) in [4.78, 5) is 4.04. The maximum absolute atomic E-state index is 13.0. The van der Waals surface area contributed by atoms with E-state index in [0.717, 1.165) is 5.56 Å². The monoisotopic (exact) mass is 196 g/mol. The average Bonchev–Trinajstić information content (AvgIpc) is 2.21. The number of benzene rings is 1. The third-order valence-corrected chi connectivity index (χ3v) is 1.67. The van der Waals surface area contributed by atoms with Gasteiger partial charge in [-0.05, 0) is 17.7 Å². The molecule has 0 fully saturated rings. The van der Waals surface area contributed by atoms with Crippen LogP contribution in [0.5, 0.6) is 5.75 Å². The smallest absolute Gasteiger partial charge is 0.165 e. The van der Waals surface area contributed by atoms with Gasteiger partial charge in [0.15, 0.2) is 11.6 Å². The van der Waals surface area contributed by atoms with Gasteiger partial charge < -0.3 is 10.5 Å². The van der Waals surface area contributed by atoms with Crippen molar-refractivity contribution in [2.45, 2.75) is 0 Å². The molecule has 14 heavy (non-hydrogen) atoms. The molecule has 0 unspecified atom stereocenters. The first-order valence-corrected chi connectivity index (χ1v) is 4.31. The zero-order valence-corrected chi connectivity index (χ0v) is 8.03. The highest BCUT2D eigenvalue weighted by Gasteiger charge is 2.01. The maximum Gasteiger partial charge on any atom is 0.165 e. The molecular formula is C10H13FN2O. The molecule has 0 heterocycles. The molecular weight excluding hydrogens is 183 g/mol. The summed E-state index contributed by atoms with van der Waals surface area (Å²) in [5.41, 5.74) is 6.08. The molecule has 0 amide bonds. The number of hydrogen-bond acceptors (Lipinski definition) is 3. The van der Waals surface area contributed by atoms with Gasteiger partial charge in [0.2, 0.25) is 0 Å². The number of aliphatic imine (C=N–C) groups is 1. The van der Waals surface area contributed by atoms with Crippen molar-refractivity contribution in [1.29, 1.82) is 0 Å². The van der Waals surface area contributed by atoms with Crippen LogP contribution in [0.25, 0.3) is 0 Å². The minimum absolute atomic E-state index is 0.224. The number of ether oxygens (including phenoxy) is 1. The summed E-state index contributed by atoms with van der Waals surface area (Å²) in [6, 6.07) is 4.58. The molecule has 1 aromatic rings. The van der Waals surface area contributed by atoms with Gasteiger partial charge in [-0.3, -0.25) is 4.99 Å². The number of rotatable bonds is 4. The number of nitrogens with zero attached hydrogens (tertiary/aromatic N) is 1. The second kappa shape index (κ2) is 5.34. The van der Waals surface area contributed by atoms with E-state index in [2.05, 4.69) is 4.99 Å². The first-order valence-electron chi connectivity index (χ1n) is 4.31. The normalized spacial score (nSPS) is 10.8. The van der Waals surface area contributed by atoms with Crippen LogP contribution in [0.2, 0.25) is 0 Å². The molecule has 0 aromatic heterocycles. The Bertz CT molecular complexity index is 326. The van der Waals surface area contributed by atoms with Gasteiger partial charge in [0.25, 0.3) is 0 Å². The van der Waals surface area contributed by atoms with E-state index >= 15 is 0 Å². The fourth-order valence-electron chi connectivity index (χ4n) is 1.00. The van der Waals surface area contributed by atoms with Crippen LogP contribution >= 0.6 is 0 Å². The molecule has 0 atom stereocenters. The Kier molecular flexibility index (Phi) is 4.07. The molecule has 0 aliphatic carbocycles. The van der Waals surface area contributed by atoms with Gasteiger partial charge in [0, 0.05) is 12.8 Å². The summed E-state index contributed by atoms with van der Waals surface area (Å²) in [5.74, 6) is -0.148. The van der Waals surface area contributed by atoms with Crippen LogP contribution in [-0.2, 0) is 0 Å². The molecule has 0 saturated carbocycles. The van der Waals surface area contributed by atoms with E-state index in [9.17, 15) is 4.39 Å². The van der Waals surface area contributed by atoms with E-state index < -0.39 is 0 Å². The van der Waals surface area contributed by atoms with Crippen LogP contribution in [0.4, 0.5) is 4.39 Å². The van der Waals surface area contributed by atoms with Crippen LogP contribution < -0.4 is 10.5 Å². The van der Waals surface area contributed by atoms with Gasteiger partial charge in [-0.2, -0.15) is 0 Å². The maximum atomic E-state index is 13.0. The predicted molar refractivity (Wildman–Crippen MR) is 54.5 cm³/mol. The lowest BCUT2D eigenvalue weighted by Crippen LogP contribution is -2.02. The van der Waals surface area contributed by atoms with E-state index in [1.165, 1.54) is 13.2 Å². The molecule has 0 aliphatic rings. The summed E-state index contributed by atoms with van der Waals surface area (Å²) >= 11 is 0. The molecule has 1 rings (SSSR count). The number of nitrogens with two attached hydrogens (primary N) is 1. The highest BCUT2D eigenvalue weighted by atomic mass is 19.1. The van der Waals surface area contributed by atoms with E-state index in [0.29, 0.717) is 13.1 Å². The fraction of sp³-hybridized carbons (Fsp3) is 0.300. The van der Waals surface area contributed by atoms with E-state index in [1.54, 1.807) is 18.3 Å². The van der Waals surface area contributed by atoms with Crippen molar-refractivity contribution >= 4 is 6.21 Å². The summed E-state index contributed by atoms with van der Waals surface area (Å²) in [7, 11) is 1.43. The zero-order valence-electron chi connectivity index (χ0n) is 8.03. The highest BCUT2D eigenvalue weighted by Crippen LogP contribution is 2.16.